The van der Waals surface area contributed by atoms with Crippen molar-refractivity contribution in [2.24, 2.45) is 5.92 Å². The largest absolute Gasteiger partial charge is 0.506 e. The number of hydrogen-bond acceptors (Lipinski definition) is 4. The van der Waals surface area contributed by atoms with Crippen molar-refractivity contribution in [3.8, 4) is 5.75 Å². The molecule has 0 aliphatic heterocycles. The smallest absolute Gasteiger partial charge is 0.253 e. The third-order valence-corrected chi connectivity index (χ3v) is 7.40. The van der Waals surface area contributed by atoms with E-state index in [1.807, 2.05) is 6.92 Å². The summed E-state index contributed by atoms with van der Waals surface area (Å²) in [4.78, 5) is 16.5. The standard InChI is InChI=1S/C32H38N2O3/c1-22-7-10-27(11-8-22)31(26-6-4-5-24(9-12-26)17-18-37-3)28-15-13-25(14-16-28)23(2)34-32(36)29-19-30(35)21-33-20-29/h7-8,10-11,13-16,19-21,23-24,35H,4-6,9,12,17-18H2,1-3H3,(H,34,36)/b31-26-. The second-order valence-electron chi connectivity index (χ2n) is 10.2. The number of allylic oxidation sites excluding steroid dienone is 1. The first kappa shape index (κ1) is 26.6. The zero-order valence-corrected chi connectivity index (χ0v) is 22.2. The maximum absolute atomic E-state index is 12.6. The molecule has 1 heterocycles. The van der Waals surface area contributed by atoms with Crippen LogP contribution in [0, 0.1) is 12.8 Å². The van der Waals surface area contributed by atoms with E-state index in [4.69, 9.17) is 4.74 Å². The normalized spacial score (nSPS) is 18.1. The van der Waals surface area contributed by atoms with E-state index in [-0.39, 0.29) is 17.7 Å². The van der Waals surface area contributed by atoms with Gasteiger partial charge in [0.2, 0.25) is 0 Å². The van der Waals surface area contributed by atoms with Crippen molar-refractivity contribution in [3.05, 3.63) is 100 Å². The molecule has 5 nitrogen and oxygen atoms in total. The van der Waals surface area contributed by atoms with Gasteiger partial charge in [0.05, 0.1) is 17.8 Å². The van der Waals surface area contributed by atoms with Crippen molar-refractivity contribution >= 4 is 11.5 Å². The minimum atomic E-state index is -0.260. The summed E-state index contributed by atoms with van der Waals surface area (Å²) < 4.78 is 5.34. The van der Waals surface area contributed by atoms with Gasteiger partial charge >= 0.3 is 0 Å². The summed E-state index contributed by atoms with van der Waals surface area (Å²) in [5, 5.41) is 12.6. The number of amides is 1. The van der Waals surface area contributed by atoms with E-state index in [2.05, 4.69) is 65.8 Å². The number of nitrogens with one attached hydrogen (secondary N) is 1. The molecule has 2 aromatic carbocycles. The van der Waals surface area contributed by atoms with Gasteiger partial charge in [-0.1, -0.05) is 66.1 Å². The molecule has 37 heavy (non-hydrogen) atoms. The number of carbonyl (C=O) groups is 1. The number of nitrogens with zero attached hydrogens (tertiary/aromatic N) is 1. The zero-order valence-electron chi connectivity index (χ0n) is 22.2. The van der Waals surface area contributed by atoms with Gasteiger partial charge in [0.1, 0.15) is 5.75 Å². The van der Waals surface area contributed by atoms with Crippen LogP contribution >= 0.6 is 0 Å². The van der Waals surface area contributed by atoms with Gasteiger partial charge in [0, 0.05) is 19.9 Å². The lowest BCUT2D eigenvalue weighted by molar-refractivity contribution is 0.0939. The first-order valence-electron chi connectivity index (χ1n) is 13.3. The fourth-order valence-electron chi connectivity index (χ4n) is 5.22. The van der Waals surface area contributed by atoms with Crippen LogP contribution in [0.3, 0.4) is 0 Å². The first-order valence-corrected chi connectivity index (χ1v) is 13.3. The topological polar surface area (TPSA) is 71.5 Å². The molecule has 0 bridgehead atoms. The zero-order chi connectivity index (χ0) is 26.2. The second kappa shape index (κ2) is 12.7. The summed E-state index contributed by atoms with van der Waals surface area (Å²) in [6.07, 6.45) is 9.83. The molecule has 1 amide bonds. The SMILES string of the molecule is COCCC1CCC/C(=C(\c2ccc(C)cc2)c2ccc(C(C)NC(=O)c3cncc(O)c3)cc2)CC1. The highest BCUT2D eigenvalue weighted by Gasteiger charge is 2.20. The molecule has 0 saturated heterocycles. The number of benzene rings is 2. The Hall–Kier alpha value is -3.44. The van der Waals surface area contributed by atoms with Crippen molar-refractivity contribution in [2.75, 3.05) is 13.7 Å². The Morgan fingerprint density at radius 2 is 1.73 bits per heavy atom. The van der Waals surface area contributed by atoms with Gasteiger partial charge in [-0.25, -0.2) is 0 Å². The third-order valence-electron chi connectivity index (χ3n) is 7.40. The number of pyridine rings is 1. The van der Waals surface area contributed by atoms with Crippen molar-refractivity contribution in [3.63, 3.8) is 0 Å². The van der Waals surface area contributed by atoms with Crippen molar-refractivity contribution < 1.29 is 14.6 Å². The van der Waals surface area contributed by atoms with Crippen molar-refractivity contribution in [2.45, 2.75) is 58.4 Å². The predicted octanol–water partition coefficient (Wildman–Crippen LogP) is 7.01. The van der Waals surface area contributed by atoms with Crippen LogP contribution in [0.25, 0.3) is 5.57 Å². The van der Waals surface area contributed by atoms with Crippen LogP contribution in [0.4, 0.5) is 0 Å². The lowest BCUT2D eigenvalue weighted by Crippen LogP contribution is -2.26. The predicted molar refractivity (Wildman–Crippen MR) is 148 cm³/mol. The molecule has 2 atom stereocenters. The third kappa shape index (κ3) is 7.07. The molecule has 1 aliphatic carbocycles. The molecule has 4 rings (SSSR count). The average Bonchev–Trinajstić information content (AvgIpc) is 3.14. The first-order chi connectivity index (χ1) is 17.9. The highest BCUT2D eigenvalue weighted by atomic mass is 16.5. The quantitative estimate of drug-likeness (QED) is 0.328. The lowest BCUT2D eigenvalue weighted by Gasteiger charge is -2.18. The second-order valence-corrected chi connectivity index (χ2v) is 10.2. The van der Waals surface area contributed by atoms with E-state index >= 15 is 0 Å². The molecule has 0 spiro atoms. The van der Waals surface area contributed by atoms with E-state index < -0.39 is 0 Å². The highest BCUT2D eigenvalue weighted by Crippen LogP contribution is 2.37. The summed E-state index contributed by atoms with van der Waals surface area (Å²) >= 11 is 0. The van der Waals surface area contributed by atoms with Crippen LogP contribution in [0.5, 0.6) is 5.75 Å². The Labute approximate surface area is 220 Å². The fourth-order valence-corrected chi connectivity index (χ4v) is 5.22. The van der Waals surface area contributed by atoms with Crippen LogP contribution < -0.4 is 5.32 Å². The van der Waals surface area contributed by atoms with Gasteiger partial charge in [-0.05, 0) is 80.2 Å². The number of aryl methyl sites for hydroxylation is 1. The number of carbonyl (C=O) groups excluding carboxylic acids is 1. The number of aromatic nitrogens is 1. The van der Waals surface area contributed by atoms with Crippen LogP contribution in [0.2, 0.25) is 0 Å². The van der Waals surface area contributed by atoms with Gasteiger partial charge in [-0.15, -0.1) is 0 Å². The molecular weight excluding hydrogens is 460 g/mol. The number of rotatable bonds is 8. The summed E-state index contributed by atoms with van der Waals surface area (Å²) in [7, 11) is 1.79. The van der Waals surface area contributed by atoms with Crippen LogP contribution in [-0.4, -0.2) is 29.7 Å². The summed E-state index contributed by atoms with van der Waals surface area (Å²) in [6, 6.07) is 18.7. The average molecular weight is 499 g/mol. The molecule has 2 unspecified atom stereocenters. The molecule has 1 fully saturated rings. The highest BCUT2D eigenvalue weighted by molar-refractivity contribution is 5.94. The van der Waals surface area contributed by atoms with Crippen molar-refractivity contribution in [1.29, 1.82) is 0 Å². The van der Waals surface area contributed by atoms with E-state index in [0.717, 1.165) is 37.4 Å². The number of methoxy groups -OCH3 is 1. The molecule has 1 aromatic heterocycles. The van der Waals surface area contributed by atoms with Gasteiger partial charge in [-0.2, -0.15) is 0 Å². The Morgan fingerprint density at radius 3 is 2.41 bits per heavy atom. The van der Waals surface area contributed by atoms with Gasteiger partial charge in [-0.3, -0.25) is 9.78 Å². The summed E-state index contributed by atoms with van der Waals surface area (Å²) in [5.41, 5.74) is 7.99. The molecule has 5 heteroatoms. The Kier molecular flexibility index (Phi) is 9.13. The Morgan fingerprint density at radius 1 is 1.03 bits per heavy atom. The van der Waals surface area contributed by atoms with E-state index in [9.17, 15) is 9.90 Å². The number of ether oxygens (including phenoxy) is 1. The van der Waals surface area contributed by atoms with Gasteiger partial charge < -0.3 is 15.2 Å². The maximum atomic E-state index is 12.6. The minimum absolute atomic E-state index is 0.0233. The molecular formula is C32H38N2O3. The van der Waals surface area contributed by atoms with Crippen LogP contribution in [-0.2, 0) is 4.74 Å². The minimum Gasteiger partial charge on any atom is -0.506 e. The van der Waals surface area contributed by atoms with Gasteiger partial charge in [0.15, 0.2) is 0 Å². The molecule has 0 radical (unpaired) electrons. The van der Waals surface area contributed by atoms with Crippen LogP contribution in [0.15, 0.2) is 72.6 Å². The number of aromatic hydroxyl groups is 1. The fraction of sp³-hybridized carbons (Fsp3) is 0.375. The molecule has 3 aromatic rings. The van der Waals surface area contributed by atoms with E-state index in [1.54, 1.807) is 7.11 Å². The summed E-state index contributed by atoms with van der Waals surface area (Å²) in [5.74, 6) is 0.444. The molecule has 1 aliphatic rings. The lowest BCUT2D eigenvalue weighted by atomic mass is 9.88. The summed E-state index contributed by atoms with van der Waals surface area (Å²) in [6.45, 7) is 4.93. The molecule has 2 N–H and O–H groups in total. The van der Waals surface area contributed by atoms with E-state index in [0.29, 0.717) is 5.56 Å². The molecule has 194 valence electrons. The monoisotopic (exact) mass is 498 g/mol. The Bertz CT molecular complexity index is 1220. The van der Waals surface area contributed by atoms with Gasteiger partial charge in [0.25, 0.3) is 5.91 Å². The van der Waals surface area contributed by atoms with Crippen molar-refractivity contribution in [1.82, 2.24) is 10.3 Å². The Balaban J connectivity index is 1.57. The van der Waals surface area contributed by atoms with Crippen LogP contribution in [0.1, 0.15) is 84.1 Å². The maximum Gasteiger partial charge on any atom is 0.253 e. The molecule has 1 saturated carbocycles. The number of hydrogen-bond donors (Lipinski definition) is 2. The van der Waals surface area contributed by atoms with E-state index in [1.165, 1.54) is 65.6 Å².